The first-order valence-electron chi connectivity index (χ1n) is 6.86. The Labute approximate surface area is 113 Å². The Kier molecular flexibility index (Phi) is 4.88. The van der Waals surface area contributed by atoms with Gasteiger partial charge in [0.05, 0.1) is 0 Å². The van der Waals surface area contributed by atoms with E-state index in [0.717, 1.165) is 32.1 Å². The summed E-state index contributed by atoms with van der Waals surface area (Å²) in [5.74, 6) is -0.768. The maximum atomic E-state index is 13.9. The van der Waals surface area contributed by atoms with Gasteiger partial charge in [0.15, 0.2) is 0 Å². The van der Waals surface area contributed by atoms with Crippen LogP contribution in [-0.4, -0.2) is 19.3 Å². The number of hydrogen-bond acceptors (Lipinski definition) is 2. The van der Waals surface area contributed by atoms with Gasteiger partial charge >= 0.3 is 0 Å². The van der Waals surface area contributed by atoms with E-state index < -0.39 is 11.6 Å². The third-order valence-corrected chi connectivity index (χ3v) is 3.60. The summed E-state index contributed by atoms with van der Waals surface area (Å²) in [7, 11) is 0. The molecule has 2 nitrogen and oxygen atoms in total. The van der Waals surface area contributed by atoms with E-state index in [-0.39, 0.29) is 12.0 Å². The third kappa shape index (κ3) is 3.74. The number of nitrogens with one attached hydrogen (secondary N) is 1. The van der Waals surface area contributed by atoms with Crippen LogP contribution in [0.15, 0.2) is 18.2 Å². The summed E-state index contributed by atoms with van der Waals surface area (Å²) in [6.07, 6.45) is 1.87. The van der Waals surface area contributed by atoms with E-state index in [9.17, 15) is 8.78 Å². The SMILES string of the molecule is CC(C)[C@H](NC1CCOCC1)c1ccc(F)cc1F. The molecule has 1 aliphatic rings. The zero-order chi connectivity index (χ0) is 13.8. The molecule has 0 radical (unpaired) electrons. The lowest BCUT2D eigenvalue weighted by Gasteiger charge is -2.31. The number of rotatable bonds is 4. The largest absolute Gasteiger partial charge is 0.381 e. The normalized spacial score (nSPS) is 18.8. The van der Waals surface area contributed by atoms with Crippen molar-refractivity contribution in [2.75, 3.05) is 13.2 Å². The van der Waals surface area contributed by atoms with Crippen molar-refractivity contribution < 1.29 is 13.5 Å². The molecule has 0 spiro atoms. The highest BCUT2D eigenvalue weighted by Crippen LogP contribution is 2.26. The van der Waals surface area contributed by atoms with E-state index in [4.69, 9.17) is 4.74 Å². The summed E-state index contributed by atoms with van der Waals surface area (Å²) in [4.78, 5) is 0. The van der Waals surface area contributed by atoms with Gasteiger partial charge in [0.1, 0.15) is 11.6 Å². The molecule has 1 aromatic carbocycles. The van der Waals surface area contributed by atoms with Crippen LogP contribution < -0.4 is 5.32 Å². The van der Waals surface area contributed by atoms with Crippen LogP contribution in [0.3, 0.4) is 0 Å². The number of benzene rings is 1. The summed E-state index contributed by atoms with van der Waals surface area (Å²) in [6.45, 7) is 5.57. The highest BCUT2D eigenvalue weighted by Gasteiger charge is 2.24. The molecule has 1 N–H and O–H groups in total. The molecule has 1 fully saturated rings. The first-order valence-corrected chi connectivity index (χ1v) is 6.86. The van der Waals surface area contributed by atoms with Crippen LogP contribution in [0.2, 0.25) is 0 Å². The smallest absolute Gasteiger partial charge is 0.130 e. The number of halogens is 2. The van der Waals surface area contributed by atoms with Gasteiger partial charge in [0.2, 0.25) is 0 Å². The summed E-state index contributed by atoms with van der Waals surface area (Å²) in [5.41, 5.74) is 0.544. The highest BCUT2D eigenvalue weighted by molar-refractivity contribution is 5.23. The van der Waals surface area contributed by atoms with Gasteiger partial charge in [-0.05, 0) is 24.8 Å². The predicted molar refractivity (Wildman–Crippen MR) is 70.9 cm³/mol. The molecule has 0 aromatic heterocycles. The standard InChI is InChI=1S/C15H21F2NO/c1-10(2)15(18-12-5-7-19-8-6-12)13-4-3-11(16)9-14(13)17/h3-4,9-10,12,15,18H,5-8H2,1-2H3/t15-/m0/s1. The molecular weight excluding hydrogens is 248 g/mol. The monoisotopic (exact) mass is 269 g/mol. The molecular formula is C15H21F2NO. The van der Waals surface area contributed by atoms with Gasteiger partial charge in [-0.2, -0.15) is 0 Å². The van der Waals surface area contributed by atoms with Gasteiger partial charge in [-0.15, -0.1) is 0 Å². The number of hydrogen-bond donors (Lipinski definition) is 1. The molecule has 0 amide bonds. The van der Waals surface area contributed by atoms with Crippen molar-refractivity contribution in [3.05, 3.63) is 35.4 Å². The molecule has 19 heavy (non-hydrogen) atoms. The van der Waals surface area contributed by atoms with Crippen molar-refractivity contribution in [1.82, 2.24) is 5.32 Å². The van der Waals surface area contributed by atoms with E-state index in [2.05, 4.69) is 5.32 Å². The summed E-state index contributed by atoms with van der Waals surface area (Å²) in [5, 5.41) is 3.49. The molecule has 2 rings (SSSR count). The van der Waals surface area contributed by atoms with Crippen LogP contribution in [0.4, 0.5) is 8.78 Å². The minimum atomic E-state index is -0.533. The third-order valence-electron chi connectivity index (χ3n) is 3.60. The van der Waals surface area contributed by atoms with E-state index in [1.165, 1.54) is 6.07 Å². The molecule has 106 valence electrons. The molecule has 1 aliphatic heterocycles. The lowest BCUT2D eigenvalue weighted by Crippen LogP contribution is -2.39. The molecule has 1 atom stereocenters. The molecule has 4 heteroatoms. The molecule has 0 bridgehead atoms. The summed E-state index contributed by atoms with van der Waals surface area (Å²) >= 11 is 0. The Morgan fingerprint density at radius 1 is 1.21 bits per heavy atom. The zero-order valence-electron chi connectivity index (χ0n) is 11.5. The first kappa shape index (κ1) is 14.4. The molecule has 1 heterocycles. The fourth-order valence-electron chi connectivity index (χ4n) is 2.51. The zero-order valence-corrected chi connectivity index (χ0v) is 11.5. The molecule has 0 saturated carbocycles. The van der Waals surface area contributed by atoms with E-state index >= 15 is 0 Å². The molecule has 1 aromatic rings. The Bertz CT molecular complexity index is 417. The number of ether oxygens (including phenoxy) is 1. The fraction of sp³-hybridized carbons (Fsp3) is 0.600. The quantitative estimate of drug-likeness (QED) is 0.904. The van der Waals surface area contributed by atoms with Crippen LogP contribution in [0.1, 0.15) is 38.3 Å². The van der Waals surface area contributed by atoms with Crippen molar-refractivity contribution in [3.8, 4) is 0 Å². The van der Waals surface area contributed by atoms with Gasteiger partial charge in [-0.25, -0.2) is 8.78 Å². The second kappa shape index (κ2) is 6.44. The second-order valence-corrected chi connectivity index (χ2v) is 5.44. The summed E-state index contributed by atoms with van der Waals surface area (Å²) < 4.78 is 32.2. The maximum absolute atomic E-state index is 13.9. The van der Waals surface area contributed by atoms with Gasteiger partial charge in [-0.1, -0.05) is 19.9 Å². The Morgan fingerprint density at radius 2 is 1.89 bits per heavy atom. The van der Waals surface area contributed by atoms with Crippen LogP contribution in [0, 0.1) is 17.6 Å². The van der Waals surface area contributed by atoms with Crippen LogP contribution >= 0.6 is 0 Å². The van der Waals surface area contributed by atoms with Crippen molar-refractivity contribution in [3.63, 3.8) is 0 Å². The van der Waals surface area contributed by atoms with Crippen molar-refractivity contribution in [2.24, 2.45) is 5.92 Å². The van der Waals surface area contributed by atoms with E-state index in [0.29, 0.717) is 11.6 Å². The lowest BCUT2D eigenvalue weighted by atomic mass is 9.93. The van der Waals surface area contributed by atoms with Crippen molar-refractivity contribution >= 4 is 0 Å². The van der Waals surface area contributed by atoms with Gasteiger partial charge < -0.3 is 10.1 Å². The topological polar surface area (TPSA) is 21.3 Å². The van der Waals surface area contributed by atoms with Crippen LogP contribution in [0.5, 0.6) is 0 Å². The maximum Gasteiger partial charge on any atom is 0.130 e. The lowest BCUT2D eigenvalue weighted by molar-refractivity contribution is 0.0726. The van der Waals surface area contributed by atoms with Crippen molar-refractivity contribution in [1.29, 1.82) is 0 Å². The molecule has 1 saturated heterocycles. The van der Waals surface area contributed by atoms with E-state index in [1.54, 1.807) is 6.07 Å². The van der Waals surface area contributed by atoms with Gasteiger partial charge in [-0.3, -0.25) is 0 Å². The highest BCUT2D eigenvalue weighted by atomic mass is 19.1. The average molecular weight is 269 g/mol. The Morgan fingerprint density at radius 3 is 2.47 bits per heavy atom. The van der Waals surface area contributed by atoms with Crippen LogP contribution in [0.25, 0.3) is 0 Å². The van der Waals surface area contributed by atoms with Crippen molar-refractivity contribution in [2.45, 2.75) is 38.8 Å². The predicted octanol–water partition coefficient (Wildman–Crippen LogP) is 3.43. The van der Waals surface area contributed by atoms with E-state index in [1.807, 2.05) is 13.8 Å². The second-order valence-electron chi connectivity index (χ2n) is 5.44. The Hall–Kier alpha value is -1.00. The Balaban J connectivity index is 2.14. The first-order chi connectivity index (χ1) is 9.08. The van der Waals surface area contributed by atoms with Gasteiger partial charge in [0.25, 0.3) is 0 Å². The molecule has 0 unspecified atom stereocenters. The average Bonchev–Trinajstić information content (AvgIpc) is 2.38. The fourth-order valence-corrected chi connectivity index (χ4v) is 2.51. The summed E-state index contributed by atoms with van der Waals surface area (Å²) in [6, 6.07) is 4.06. The van der Waals surface area contributed by atoms with Gasteiger partial charge in [0, 0.05) is 36.9 Å². The molecule has 0 aliphatic carbocycles. The minimum absolute atomic E-state index is 0.0938. The minimum Gasteiger partial charge on any atom is -0.381 e. The van der Waals surface area contributed by atoms with Crippen LogP contribution in [-0.2, 0) is 4.74 Å².